The standard InChI is InChI=1S/C14H11ClO4/c1-19-13-9(8-5-3-2-4-6-8)7-10(15)12(16)11(13)14(17)18/h2-7,16H,1H3,(H,17,18). The molecule has 2 N–H and O–H groups in total. The van der Waals surface area contributed by atoms with Crippen LogP contribution in [0.3, 0.4) is 0 Å². The zero-order chi connectivity index (χ0) is 14.0. The summed E-state index contributed by atoms with van der Waals surface area (Å²) in [5, 5.41) is 18.9. The normalized spacial score (nSPS) is 10.2. The zero-order valence-corrected chi connectivity index (χ0v) is 10.8. The van der Waals surface area contributed by atoms with Crippen molar-refractivity contribution in [1.29, 1.82) is 0 Å². The minimum Gasteiger partial charge on any atom is -0.505 e. The summed E-state index contributed by atoms with van der Waals surface area (Å²) in [6, 6.07) is 10.6. The van der Waals surface area contributed by atoms with Gasteiger partial charge in [-0.25, -0.2) is 4.79 Å². The Morgan fingerprint density at radius 3 is 2.42 bits per heavy atom. The molecule has 19 heavy (non-hydrogen) atoms. The molecule has 4 nitrogen and oxygen atoms in total. The summed E-state index contributed by atoms with van der Waals surface area (Å²) >= 11 is 5.87. The van der Waals surface area contributed by atoms with Crippen molar-refractivity contribution in [2.75, 3.05) is 7.11 Å². The Bertz CT molecular complexity index is 623. The van der Waals surface area contributed by atoms with E-state index in [9.17, 15) is 15.0 Å². The summed E-state index contributed by atoms with van der Waals surface area (Å²) in [4.78, 5) is 11.2. The van der Waals surface area contributed by atoms with Crippen molar-refractivity contribution in [1.82, 2.24) is 0 Å². The number of halogens is 1. The van der Waals surface area contributed by atoms with Gasteiger partial charge in [0.25, 0.3) is 0 Å². The average Bonchev–Trinajstić information content (AvgIpc) is 2.41. The van der Waals surface area contributed by atoms with E-state index in [2.05, 4.69) is 0 Å². The summed E-state index contributed by atoms with van der Waals surface area (Å²) in [6.45, 7) is 0. The van der Waals surface area contributed by atoms with Crippen LogP contribution in [-0.2, 0) is 0 Å². The fourth-order valence-corrected chi connectivity index (χ4v) is 2.07. The lowest BCUT2D eigenvalue weighted by Gasteiger charge is -2.14. The first-order valence-corrected chi connectivity index (χ1v) is 5.82. The van der Waals surface area contributed by atoms with Gasteiger partial charge in [-0.15, -0.1) is 0 Å². The van der Waals surface area contributed by atoms with Gasteiger partial charge in [-0.05, 0) is 11.6 Å². The highest BCUT2D eigenvalue weighted by Gasteiger charge is 2.23. The van der Waals surface area contributed by atoms with E-state index in [4.69, 9.17) is 16.3 Å². The number of rotatable bonds is 3. The SMILES string of the molecule is COc1c(-c2ccccc2)cc(Cl)c(O)c1C(=O)O. The third-order valence-electron chi connectivity index (χ3n) is 2.71. The molecule has 0 spiro atoms. The van der Waals surface area contributed by atoms with Gasteiger partial charge in [-0.2, -0.15) is 0 Å². The maximum absolute atomic E-state index is 11.2. The summed E-state index contributed by atoms with van der Waals surface area (Å²) in [6.07, 6.45) is 0. The Kier molecular flexibility index (Phi) is 3.62. The molecule has 0 bridgehead atoms. The largest absolute Gasteiger partial charge is 0.505 e. The van der Waals surface area contributed by atoms with Crippen molar-refractivity contribution in [2.24, 2.45) is 0 Å². The molecule has 5 heteroatoms. The molecule has 0 saturated heterocycles. The molecule has 0 aliphatic carbocycles. The highest BCUT2D eigenvalue weighted by atomic mass is 35.5. The van der Waals surface area contributed by atoms with Crippen LogP contribution in [0.25, 0.3) is 11.1 Å². The van der Waals surface area contributed by atoms with Crippen LogP contribution in [0.15, 0.2) is 36.4 Å². The Morgan fingerprint density at radius 2 is 1.89 bits per heavy atom. The van der Waals surface area contributed by atoms with Crippen molar-refractivity contribution in [2.45, 2.75) is 0 Å². The van der Waals surface area contributed by atoms with Crippen LogP contribution in [-0.4, -0.2) is 23.3 Å². The van der Waals surface area contributed by atoms with Gasteiger partial charge in [0.15, 0.2) is 5.75 Å². The Morgan fingerprint density at radius 1 is 1.26 bits per heavy atom. The summed E-state index contributed by atoms with van der Waals surface area (Å²) < 4.78 is 5.13. The van der Waals surface area contributed by atoms with Crippen LogP contribution in [0, 0.1) is 0 Å². The molecule has 0 heterocycles. The Labute approximate surface area is 114 Å². The highest BCUT2D eigenvalue weighted by Crippen LogP contribution is 2.42. The van der Waals surface area contributed by atoms with Gasteiger partial charge in [-0.3, -0.25) is 0 Å². The summed E-state index contributed by atoms with van der Waals surface area (Å²) in [7, 11) is 1.35. The third kappa shape index (κ3) is 2.35. The minimum atomic E-state index is -1.30. The first kappa shape index (κ1) is 13.2. The predicted molar refractivity (Wildman–Crippen MR) is 72.1 cm³/mol. The average molecular weight is 279 g/mol. The molecule has 0 aliphatic rings. The predicted octanol–water partition coefficient (Wildman–Crippen LogP) is 3.42. The van der Waals surface area contributed by atoms with Crippen LogP contribution in [0.4, 0.5) is 0 Å². The van der Waals surface area contributed by atoms with E-state index in [1.807, 2.05) is 18.2 Å². The van der Waals surface area contributed by atoms with E-state index in [0.29, 0.717) is 5.56 Å². The molecular formula is C14H11ClO4. The van der Waals surface area contributed by atoms with Crippen molar-refractivity contribution in [3.63, 3.8) is 0 Å². The number of carboxylic acid groups (broad SMARTS) is 1. The number of hydrogen-bond acceptors (Lipinski definition) is 3. The van der Waals surface area contributed by atoms with E-state index in [0.717, 1.165) is 5.56 Å². The van der Waals surface area contributed by atoms with Crippen molar-refractivity contribution in [3.05, 3.63) is 47.0 Å². The molecule has 0 fully saturated rings. The summed E-state index contributed by atoms with van der Waals surface area (Å²) in [5.41, 5.74) is 0.931. The summed E-state index contributed by atoms with van der Waals surface area (Å²) in [5.74, 6) is -1.71. The van der Waals surface area contributed by atoms with Gasteiger partial charge in [0.2, 0.25) is 0 Å². The number of ether oxygens (including phenoxy) is 1. The van der Waals surface area contributed by atoms with Crippen LogP contribution >= 0.6 is 11.6 Å². The second-order valence-corrected chi connectivity index (χ2v) is 4.24. The third-order valence-corrected chi connectivity index (χ3v) is 3.00. The number of carboxylic acids is 1. The number of phenols is 1. The van der Waals surface area contributed by atoms with Crippen molar-refractivity contribution < 1.29 is 19.7 Å². The topological polar surface area (TPSA) is 66.8 Å². The Balaban J connectivity index is 2.79. The molecule has 0 aliphatic heterocycles. The second-order valence-electron chi connectivity index (χ2n) is 3.83. The van der Waals surface area contributed by atoms with E-state index < -0.39 is 11.7 Å². The number of methoxy groups -OCH3 is 1. The van der Waals surface area contributed by atoms with Gasteiger partial charge in [-0.1, -0.05) is 41.9 Å². The van der Waals surface area contributed by atoms with E-state index in [1.54, 1.807) is 12.1 Å². The Hall–Kier alpha value is -2.20. The lowest BCUT2D eigenvalue weighted by molar-refractivity contribution is 0.0690. The van der Waals surface area contributed by atoms with Crippen LogP contribution < -0.4 is 4.74 Å². The molecule has 0 radical (unpaired) electrons. The van der Waals surface area contributed by atoms with Gasteiger partial charge >= 0.3 is 5.97 Å². The number of aromatic hydroxyl groups is 1. The fraction of sp³-hybridized carbons (Fsp3) is 0.0714. The molecular weight excluding hydrogens is 268 g/mol. The fourth-order valence-electron chi connectivity index (χ4n) is 1.86. The maximum Gasteiger partial charge on any atom is 0.343 e. The van der Waals surface area contributed by atoms with Gasteiger partial charge in [0.05, 0.1) is 12.1 Å². The van der Waals surface area contributed by atoms with Crippen molar-refractivity contribution in [3.8, 4) is 22.6 Å². The van der Waals surface area contributed by atoms with Crippen LogP contribution in [0.1, 0.15) is 10.4 Å². The van der Waals surface area contributed by atoms with Crippen molar-refractivity contribution >= 4 is 17.6 Å². The zero-order valence-electron chi connectivity index (χ0n) is 10.1. The molecule has 2 aromatic carbocycles. The van der Waals surface area contributed by atoms with E-state index >= 15 is 0 Å². The smallest absolute Gasteiger partial charge is 0.343 e. The second kappa shape index (κ2) is 5.20. The number of hydrogen-bond donors (Lipinski definition) is 2. The lowest BCUT2D eigenvalue weighted by Crippen LogP contribution is -2.03. The minimum absolute atomic E-state index is 0.0305. The highest BCUT2D eigenvalue weighted by molar-refractivity contribution is 6.33. The maximum atomic E-state index is 11.2. The molecule has 0 saturated carbocycles. The van der Waals surface area contributed by atoms with E-state index in [-0.39, 0.29) is 16.3 Å². The van der Waals surface area contributed by atoms with Gasteiger partial charge in [0, 0.05) is 5.56 Å². The molecule has 2 rings (SSSR count). The molecule has 98 valence electrons. The van der Waals surface area contributed by atoms with Gasteiger partial charge < -0.3 is 14.9 Å². The monoisotopic (exact) mass is 278 g/mol. The van der Waals surface area contributed by atoms with Crippen LogP contribution in [0.2, 0.25) is 5.02 Å². The molecule has 0 atom stereocenters. The number of aromatic carboxylic acids is 1. The quantitative estimate of drug-likeness (QED) is 0.903. The molecule has 0 aromatic heterocycles. The molecule has 0 unspecified atom stereocenters. The van der Waals surface area contributed by atoms with E-state index in [1.165, 1.54) is 13.2 Å². The number of carbonyl (C=O) groups is 1. The molecule has 0 amide bonds. The lowest BCUT2D eigenvalue weighted by atomic mass is 10.0. The first-order chi connectivity index (χ1) is 9.06. The van der Waals surface area contributed by atoms with Gasteiger partial charge in [0.1, 0.15) is 11.3 Å². The first-order valence-electron chi connectivity index (χ1n) is 5.44. The number of benzene rings is 2. The van der Waals surface area contributed by atoms with Crippen LogP contribution in [0.5, 0.6) is 11.5 Å². The molecule has 2 aromatic rings.